The van der Waals surface area contributed by atoms with Crippen LogP contribution < -0.4 is 11.1 Å². The summed E-state index contributed by atoms with van der Waals surface area (Å²) in [5.41, 5.74) is 6.15. The molecule has 0 heterocycles. The Morgan fingerprint density at radius 3 is 2.41 bits per heavy atom. The van der Waals surface area contributed by atoms with Gasteiger partial charge in [0.25, 0.3) is 0 Å². The van der Waals surface area contributed by atoms with E-state index >= 15 is 0 Å². The van der Waals surface area contributed by atoms with Crippen LogP contribution in [-0.2, 0) is 11.3 Å². The Labute approximate surface area is 107 Å². The third-order valence-corrected chi connectivity index (χ3v) is 3.48. The summed E-state index contributed by atoms with van der Waals surface area (Å²) in [5, 5.41) is 2.90. The van der Waals surface area contributed by atoms with Gasteiger partial charge in [0, 0.05) is 18.0 Å². The molecule has 0 spiro atoms. The van der Waals surface area contributed by atoms with Crippen LogP contribution in [0.1, 0.15) is 19.4 Å². The summed E-state index contributed by atoms with van der Waals surface area (Å²) in [7, 11) is 0. The maximum Gasteiger partial charge on any atom is 0.227 e. The maximum absolute atomic E-state index is 11.8. The zero-order chi connectivity index (χ0) is 12.9. The molecule has 0 bridgehead atoms. The molecule has 0 saturated carbocycles. The number of thioether (sulfide) groups is 1. The van der Waals surface area contributed by atoms with Gasteiger partial charge in [-0.05, 0) is 37.8 Å². The van der Waals surface area contributed by atoms with Gasteiger partial charge in [-0.2, -0.15) is 0 Å². The van der Waals surface area contributed by atoms with Crippen LogP contribution in [0.25, 0.3) is 0 Å². The first-order chi connectivity index (χ1) is 7.99. The standard InChI is InChI=1S/C13H20N2OS/c1-13(2,9-14)12(16)15-8-10-4-6-11(17-3)7-5-10/h4-7H,8-9,14H2,1-3H3,(H,15,16). The van der Waals surface area contributed by atoms with Gasteiger partial charge in [0.1, 0.15) is 0 Å². The highest BCUT2D eigenvalue weighted by molar-refractivity contribution is 7.98. The smallest absolute Gasteiger partial charge is 0.227 e. The normalized spacial score (nSPS) is 11.3. The summed E-state index contributed by atoms with van der Waals surface area (Å²) in [4.78, 5) is 13.0. The van der Waals surface area contributed by atoms with E-state index in [1.165, 1.54) is 4.90 Å². The van der Waals surface area contributed by atoms with Crippen molar-refractivity contribution in [2.24, 2.45) is 11.1 Å². The van der Waals surface area contributed by atoms with Gasteiger partial charge in [-0.1, -0.05) is 12.1 Å². The molecule has 0 aliphatic heterocycles. The van der Waals surface area contributed by atoms with Crippen LogP contribution in [0.15, 0.2) is 29.2 Å². The van der Waals surface area contributed by atoms with Crippen LogP contribution in [-0.4, -0.2) is 18.7 Å². The first-order valence-electron chi connectivity index (χ1n) is 5.61. The van der Waals surface area contributed by atoms with E-state index in [4.69, 9.17) is 5.73 Å². The van der Waals surface area contributed by atoms with E-state index in [1.807, 2.05) is 32.2 Å². The predicted octanol–water partition coefficient (Wildman–Crippen LogP) is 2.01. The van der Waals surface area contributed by atoms with E-state index < -0.39 is 5.41 Å². The van der Waals surface area contributed by atoms with Gasteiger partial charge in [0.2, 0.25) is 5.91 Å². The van der Waals surface area contributed by atoms with Crippen molar-refractivity contribution in [1.82, 2.24) is 5.32 Å². The van der Waals surface area contributed by atoms with Gasteiger partial charge in [-0.3, -0.25) is 4.79 Å². The molecule has 17 heavy (non-hydrogen) atoms. The Kier molecular flexibility index (Phi) is 5.02. The van der Waals surface area contributed by atoms with Crippen LogP contribution in [0.4, 0.5) is 0 Å². The molecule has 3 nitrogen and oxygen atoms in total. The molecule has 0 unspecified atom stereocenters. The van der Waals surface area contributed by atoms with E-state index in [1.54, 1.807) is 11.8 Å². The second-order valence-corrected chi connectivity index (χ2v) is 5.50. The molecule has 94 valence electrons. The SMILES string of the molecule is CSc1ccc(CNC(=O)C(C)(C)CN)cc1. The highest BCUT2D eigenvalue weighted by Gasteiger charge is 2.25. The molecule has 4 heteroatoms. The number of carbonyl (C=O) groups is 1. The third kappa shape index (κ3) is 4.06. The number of carbonyl (C=O) groups excluding carboxylic acids is 1. The van der Waals surface area contributed by atoms with Crippen LogP contribution in [0.5, 0.6) is 0 Å². The molecule has 0 atom stereocenters. The predicted molar refractivity (Wildman–Crippen MR) is 72.9 cm³/mol. The molecule has 0 saturated heterocycles. The van der Waals surface area contributed by atoms with Crippen molar-refractivity contribution in [3.05, 3.63) is 29.8 Å². The van der Waals surface area contributed by atoms with Gasteiger partial charge in [-0.25, -0.2) is 0 Å². The molecular formula is C13H20N2OS. The Morgan fingerprint density at radius 1 is 1.35 bits per heavy atom. The van der Waals surface area contributed by atoms with Crippen molar-refractivity contribution in [2.75, 3.05) is 12.8 Å². The van der Waals surface area contributed by atoms with Crippen LogP contribution >= 0.6 is 11.8 Å². The quantitative estimate of drug-likeness (QED) is 0.788. The minimum atomic E-state index is -0.501. The van der Waals surface area contributed by atoms with Crippen LogP contribution in [0.2, 0.25) is 0 Å². The lowest BCUT2D eigenvalue weighted by atomic mass is 9.92. The number of rotatable bonds is 5. The topological polar surface area (TPSA) is 55.1 Å². The molecular weight excluding hydrogens is 232 g/mol. The molecule has 0 radical (unpaired) electrons. The van der Waals surface area contributed by atoms with Gasteiger partial charge in [0.05, 0.1) is 5.41 Å². The molecule has 0 aromatic heterocycles. The van der Waals surface area contributed by atoms with Crippen molar-refractivity contribution in [3.8, 4) is 0 Å². The zero-order valence-electron chi connectivity index (χ0n) is 10.6. The van der Waals surface area contributed by atoms with E-state index in [2.05, 4.69) is 17.4 Å². The first-order valence-corrected chi connectivity index (χ1v) is 6.83. The van der Waals surface area contributed by atoms with Gasteiger partial charge >= 0.3 is 0 Å². The zero-order valence-corrected chi connectivity index (χ0v) is 11.4. The summed E-state index contributed by atoms with van der Waals surface area (Å²) >= 11 is 1.71. The van der Waals surface area contributed by atoms with Gasteiger partial charge < -0.3 is 11.1 Å². The van der Waals surface area contributed by atoms with E-state index in [0.29, 0.717) is 13.1 Å². The fourth-order valence-corrected chi connectivity index (χ4v) is 1.67. The highest BCUT2D eigenvalue weighted by atomic mass is 32.2. The van der Waals surface area contributed by atoms with Crippen molar-refractivity contribution >= 4 is 17.7 Å². The van der Waals surface area contributed by atoms with Crippen LogP contribution in [0, 0.1) is 5.41 Å². The van der Waals surface area contributed by atoms with Gasteiger partial charge in [0.15, 0.2) is 0 Å². The minimum absolute atomic E-state index is 0.00561. The molecule has 1 aromatic rings. The lowest BCUT2D eigenvalue weighted by molar-refractivity contribution is -0.129. The molecule has 1 aromatic carbocycles. The fourth-order valence-electron chi connectivity index (χ4n) is 1.26. The van der Waals surface area contributed by atoms with Crippen molar-refractivity contribution in [3.63, 3.8) is 0 Å². The maximum atomic E-state index is 11.8. The second-order valence-electron chi connectivity index (χ2n) is 4.62. The number of hydrogen-bond donors (Lipinski definition) is 2. The third-order valence-electron chi connectivity index (χ3n) is 2.74. The number of nitrogens with two attached hydrogens (primary N) is 1. The number of amides is 1. The van der Waals surface area contributed by atoms with Crippen LogP contribution in [0.3, 0.4) is 0 Å². The van der Waals surface area contributed by atoms with Gasteiger partial charge in [-0.15, -0.1) is 11.8 Å². The fraction of sp³-hybridized carbons (Fsp3) is 0.462. The van der Waals surface area contributed by atoms with E-state index in [9.17, 15) is 4.79 Å². The van der Waals surface area contributed by atoms with E-state index in [-0.39, 0.29) is 5.91 Å². The highest BCUT2D eigenvalue weighted by Crippen LogP contribution is 2.16. The lowest BCUT2D eigenvalue weighted by Crippen LogP contribution is -2.41. The van der Waals surface area contributed by atoms with E-state index in [0.717, 1.165) is 5.56 Å². The molecule has 0 aliphatic carbocycles. The average molecular weight is 252 g/mol. The van der Waals surface area contributed by atoms with Crippen molar-refractivity contribution in [2.45, 2.75) is 25.3 Å². The molecule has 1 rings (SSSR count). The lowest BCUT2D eigenvalue weighted by Gasteiger charge is -2.21. The number of nitrogens with one attached hydrogen (secondary N) is 1. The average Bonchev–Trinajstić information content (AvgIpc) is 2.36. The summed E-state index contributed by atoms with van der Waals surface area (Å²) in [6.45, 7) is 4.60. The summed E-state index contributed by atoms with van der Waals surface area (Å²) in [6, 6.07) is 8.17. The Morgan fingerprint density at radius 2 is 1.94 bits per heavy atom. The van der Waals surface area contributed by atoms with Crippen molar-refractivity contribution < 1.29 is 4.79 Å². The Hall–Kier alpha value is -1.00. The summed E-state index contributed by atoms with van der Waals surface area (Å²) in [6.07, 6.45) is 2.04. The molecule has 3 N–H and O–H groups in total. The largest absolute Gasteiger partial charge is 0.352 e. The Bertz CT molecular complexity index is 374. The summed E-state index contributed by atoms with van der Waals surface area (Å²) < 4.78 is 0. The first kappa shape index (κ1) is 14.1. The second kappa shape index (κ2) is 6.07. The minimum Gasteiger partial charge on any atom is -0.352 e. The monoisotopic (exact) mass is 252 g/mol. The molecule has 0 fully saturated rings. The molecule has 1 amide bonds. The van der Waals surface area contributed by atoms with Crippen molar-refractivity contribution in [1.29, 1.82) is 0 Å². The Balaban J connectivity index is 2.53. The molecule has 0 aliphatic rings. The number of hydrogen-bond acceptors (Lipinski definition) is 3. The number of benzene rings is 1. The summed E-state index contributed by atoms with van der Waals surface area (Å²) in [5.74, 6) is -0.00561.